The lowest BCUT2D eigenvalue weighted by atomic mass is 10.1. The summed E-state index contributed by atoms with van der Waals surface area (Å²) in [6.07, 6.45) is 4.76. The number of hydrogen-bond acceptors (Lipinski definition) is 5. The van der Waals surface area contributed by atoms with Crippen LogP contribution in [-0.2, 0) is 14.3 Å². The van der Waals surface area contributed by atoms with Crippen molar-refractivity contribution in [1.82, 2.24) is 4.90 Å². The van der Waals surface area contributed by atoms with Gasteiger partial charge in [-0.3, -0.25) is 4.79 Å². The van der Waals surface area contributed by atoms with Crippen LogP contribution in [0.1, 0.15) is 32.1 Å². The first kappa shape index (κ1) is 15.7. The van der Waals surface area contributed by atoms with Crippen molar-refractivity contribution in [3.8, 4) is 0 Å². The number of ether oxygens (including phenoxy) is 1. The third-order valence-corrected chi connectivity index (χ3v) is 3.29. The summed E-state index contributed by atoms with van der Waals surface area (Å²) in [4.78, 5) is 25.4. The molecule has 1 heterocycles. The quantitative estimate of drug-likeness (QED) is 0.388. The van der Waals surface area contributed by atoms with Gasteiger partial charge in [-0.2, -0.15) is 0 Å². The zero-order chi connectivity index (χ0) is 14.3. The van der Waals surface area contributed by atoms with Crippen LogP contribution in [0.25, 0.3) is 0 Å². The van der Waals surface area contributed by atoms with Crippen LogP contribution in [0.2, 0.25) is 0 Å². The molecule has 1 fully saturated rings. The van der Waals surface area contributed by atoms with Crippen LogP contribution in [0.3, 0.4) is 0 Å². The van der Waals surface area contributed by atoms with E-state index in [9.17, 15) is 9.59 Å². The summed E-state index contributed by atoms with van der Waals surface area (Å²) < 4.78 is 4.76. The van der Waals surface area contributed by atoms with Gasteiger partial charge in [-0.1, -0.05) is 13.0 Å². The molecule has 1 saturated heterocycles. The predicted molar refractivity (Wildman–Crippen MR) is 71.9 cm³/mol. The molecule has 19 heavy (non-hydrogen) atoms. The van der Waals surface area contributed by atoms with E-state index >= 15 is 0 Å². The van der Waals surface area contributed by atoms with Crippen LogP contribution < -0.4 is 11.5 Å². The summed E-state index contributed by atoms with van der Waals surface area (Å²) >= 11 is 0. The summed E-state index contributed by atoms with van der Waals surface area (Å²) in [6.45, 7) is 4.50. The van der Waals surface area contributed by atoms with Gasteiger partial charge in [0.05, 0.1) is 12.3 Å². The Kier molecular flexibility index (Phi) is 6.52. The zero-order valence-corrected chi connectivity index (χ0v) is 11.2. The Morgan fingerprint density at radius 2 is 2.21 bits per heavy atom. The number of carbonyl (C=O) groups is 2. The highest BCUT2D eigenvalue weighted by Crippen LogP contribution is 2.20. The Morgan fingerprint density at radius 3 is 2.84 bits per heavy atom. The van der Waals surface area contributed by atoms with Gasteiger partial charge in [0.25, 0.3) is 0 Å². The highest BCUT2D eigenvalue weighted by Gasteiger charge is 2.36. The smallest absolute Gasteiger partial charge is 0.333 e. The topological polar surface area (TPSA) is 98.6 Å². The van der Waals surface area contributed by atoms with Crippen LogP contribution in [-0.4, -0.2) is 41.9 Å². The van der Waals surface area contributed by atoms with E-state index in [4.69, 9.17) is 16.2 Å². The Labute approximate surface area is 113 Å². The fraction of sp³-hybridized carbons (Fsp3) is 0.692. The number of amides is 1. The molecule has 0 saturated carbocycles. The maximum Gasteiger partial charge on any atom is 0.333 e. The average molecular weight is 269 g/mol. The van der Waals surface area contributed by atoms with Gasteiger partial charge in [0.2, 0.25) is 5.91 Å². The molecule has 0 aromatic heterocycles. The van der Waals surface area contributed by atoms with Gasteiger partial charge in [0.15, 0.2) is 0 Å². The molecule has 0 unspecified atom stereocenters. The molecule has 0 radical (unpaired) electrons. The van der Waals surface area contributed by atoms with E-state index in [1.54, 1.807) is 0 Å². The minimum Gasteiger partial charge on any atom is -0.434 e. The summed E-state index contributed by atoms with van der Waals surface area (Å²) in [5.74, 6) is -0.615. The molecule has 0 spiro atoms. The minimum atomic E-state index is -0.566. The van der Waals surface area contributed by atoms with Gasteiger partial charge in [-0.25, -0.2) is 4.79 Å². The fourth-order valence-electron chi connectivity index (χ4n) is 2.28. The van der Waals surface area contributed by atoms with Gasteiger partial charge >= 0.3 is 5.97 Å². The maximum atomic E-state index is 12.2. The van der Waals surface area contributed by atoms with Crippen molar-refractivity contribution >= 4 is 11.9 Å². The van der Waals surface area contributed by atoms with Gasteiger partial charge in [-0.05, 0) is 32.2 Å². The Morgan fingerprint density at radius 1 is 1.47 bits per heavy atom. The summed E-state index contributed by atoms with van der Waals surface area (Å²) in [5.41, 5.74) is 11.3. The first-order valence-corrected chi connectivity index (χ1v) is 6.69. The van der Waals surface area contributed by atoms with Gasteiger partial charge in [0, 0.05) is 6.54 Å². The fourth-order valence-corrected chi connectivity index (χ4v) is 2.28. The first-order chi connectivity index (χ1) is 9.11. The van der Waals surface area contributed by atoms with Crippen LogP contribution in [0.5, 0.6) is 0 Å². The zero-order valence-electron chi connectivity index (χ0n) is 11.2. The van der Waals surface area contributed by atoms with Crippen LogP contribution >= 0.6 is 0 Å². The van der Waals surface area contributed by atoms with Crippen LogP contribution in [0.4, 0.5) is 0 Å². The van der Waals surface area contributed by atoms with Gasteiger partial charge < -0.3 is 21.1 Å². The molecular weight excluding hydrogens is 246 g/mol. The lowest BCUT2D eigenvalue weighted by Gasteiger charge is -2.25. The number of esters is 1. The largest absolute Gasteiger partial charge is 0.434 e. The molecular formula is C13H23N3O3. The highest BCUT2D eigenvalue weighted by molar-refractivity contribution is 5.88. The highest BCUT2D eigenvalue weighted by atomic mass is 16.5. The Bertz CT molecular complexity index is 333. The van der Waals surface area contributed by atoms with Crippen molar-refractivity contribution in [3.63, 3.8) is 0 Å². The summed E-state index contributed by atoms with van der Waals surface area (Å²) in [7, 11) is 0. The summed E-state index contributed by atoms with van der Waals surface area (Å²) in [6, 6.07) is -1.09. The Balaban J connectivity index is 2.54. The van der Waals surface area contributed by atoms with Crippen LogP contribution in [0, 0.1) is 0 Å². The number of nitrogens with two attached hydrogens (primary N) is 2. The van der Waals surface area contributed by atoms with E-state index in [0.29, 0.717) is 25.9 Å². The molecule has 1 aliphatic heterocycles. The molecule has 4 N–H and O–H groups in total. The molecule has 1 amide bonds. The van der Waals surface area contributed by atoms with E-state index in [1.807, 2.05) is 0 Å². The first-order valence-electron chi connectivity index (χ1n) is 6.69. The van der Waals surface area contributed by atoms with Crippen molar-refractivity contribution in [1.29, 1.82) is 0 Å². The number of likely N-dealkylation sites (tertiary alicyclic amines) is 1. The van der Waals surface area contributed by atoms with E-state index in [0.717, 1.165) is 25.5 Å². The van der Waals surface area contributed by atoms with E-state index in [-0.39, 0.29) is 5.91 Å². The average Bonchev–Trinajstić information content (AvgIpc) is 2.87. The normalized spacial score (nSPS) is 20.1. The number of carbonyl (C=O) groups excluding carboxylic acids is 2. The van der Waals surface area contributed by atoms with Crippen molar-refractivity contribution in [2.45, 2.75) is 44.2 Å². The molecule has 1 aliphatic rings. The second-order valence-electron chi connectivity index (χ2n) is 4.68. The van der Waals surface area contributed by atoms with E-state index in [1.165, 1.54) is 4.90 Å². The van der Waals surface area contributed by atoms with Crippen molar-refractivity contribution < 1.29 is 14.3 Å². The minimum absolute atomic E-state index is 0.180. The van der Waals surface area contributed by atoms with Crippen molar-refractivity contribution in [2.24, 2.45) is 11.5 Å². The molecule has 108 valence electrons. The van der Waals surface area contributed by atoms with Crippen LogP contribution in [0.15, 0.2) is 12.8 Å². The molecule has 6 nitrogen and oxygen atoms in total. The molecule has 2 atom stereocenters. The number of hydrogen-bond donors (Lipinski definition) is 2. The predicted octanol–water partition coefficient (Wildman–Crippen LogP) is 0.120. The lowest BCUT2D eigenvalue weighted by Crippen LogP contribution is -2.48. The monoisotopic (exact) mass is 269 g/mol. The third-order valence-electron chi connectivity index (χ3n) is 3.29. The molecule has 0 aliphatic carbocycles. The maximum absolute atomic E-state index is 12.2. The van der Waals surface area contributed by atoms with Gasteiger partial charge in [-0.15, -0.1) is 0 Å². The number of nitrogens with zero attached hydrogens (tertiary/aromatic N) is 1. The summed E-state index contributed by atoms with van der Waals surface area (Å²) in [5, 5.41) is 0. The van der Waals surface area contributed by atoms with E-state index < -0.39 is 18.1 Å². The standard InChI is InChI=1S/C13H23N3O3/c1-2-19-13(18)11-7-5-9-16(11)12(17)10(15)6-3-4-8-14/h2,10-11H,1,3-9,14-15H2/t10-,11-/m0/s1. The Hall–Kier alpha value is -1.40. The molecule has 1 rings (SSSR count). The second-order valence-corrected chi connectivity index (χ2v) is 4.68. The van der Waals surface area contributed by atoms with E-state index in [2.05, 4.69) is 6.58 Å². The second kappa shape index (κ2) is 7.91. The molecule has 0 bridgehead atoms. The SMILES string of the molecule is C=COC(=O)[C@@H]1CCCN1C(=O)[C@@H](N)CCCCN. The molecule has 0 aromatic carbocycles. The number of unbranched alkanes of at least 4 members (excludes halogenated alkanes) is 1. The lowest BCUT2D eigenvalue weighted by molar-refractivity contribution is -0.149. The van der Waals surface area contributed by atoms with Gasteiger partial charge in [0.1, 0.15) is 6.04 Å². The third kappa shape index (κ3) is 4.33. The van der Waals surface area contributed by atoms with Crippen molar-refractivity contribution in [3.05, 3.63) is 12.8 Å². The molecule has 6 heteroatoms. The van der Waals surface area contributed by atoms with Crippen molar-refractivity contribution in [2.75, 3.05) is 13.1 Å². The molecule has 0 aromatic rings. The number of rotatable bonds is 7.